The molecule has 0 atom stereocenters. The van der Waals surface area contributed by atoms with Crippen LogP contribution in [0.5, 0.6) is 0 Å². The van der Waals surface area contributed by atoms with Gasteiger partial charge in [0.25, 0.3) is 0 Å². The van der Waals surface area contributed by atoms with E-state index >= 15 is 0 Å². The average molecular weight is 396 g/mol. The van der Waals surface area contributed by atoms with Crippen molar-refractivity contribution in [3.63, 3.8) is 0 Å². The maximum absolute atomic E-state index is 12.9. The van der Waals surface area contributed by atoms with Crippen LogP contribution in [0.15, 0.2) is 48.8 Å². The Morgan fingerprint density at radius 3 is 2.64 bits per heavy atom. The fourth-order valence-electron chi connectivity index (χ4n) is 2.05. The molecule has 25 heavy (non-hydrogen) atoms. The molecule has 0 fully saturated rings. The Bertz CT molecular complexity index is 898. The minimum Gasteiger partial charge on any atom is -0.331 e. The third kappa shape index (κ3) is 4.88. The minimum atomic E-state index is -0.277. The van der Waals surface area contributed by atoms with E-state index in [0.29, 0.717) is 28.2 Å². The molecule has 3 rings (SSSR count). The summed E-state index contributed by atoms with van der Waals surface area (Å²) in [6, 6.07) is 11.2. The molecule has 0 unspecified atom stereocenters. The lowest BCUT2D eigenvalue weighted by Gasteiger charge is -2.09. The van der Waals surface area contributed by atoms with Crippen LogP contribution in [0, 0.1) is 5.82 Å². The zero-order chi connectivity index (χ0) is 17.8. The highest BCUT2D eigenvalue weighted by Crippen LogP contribution is 2.25. The summed E-state index contributed by atoms with van der Waals surface area (Å²) in [4.78, 5) is 4.13. The Labute approximate surface area is 158 Å². The van der Waals surface area contributed by atoms with Gasteiger partial charge in [0.05, 0.1) is 17.3 Å². The molecule has 0 saturated heterocycles. The van der Waals surface area contributed by atoms with Gasteiger partial charge < -0.3 is 5.32 Å². The molecule has 0 aliphatic carbocycles. The monoisotopic (exact) mass is 395 g/mol. The molecule has 0 aliphatic rings. The molecule has 0 bridgehead atoms. The number of thiocarbonyl (C=S) groups is 1. The van der Waals surface area contributed by atoms with E-state index in [2.05, 4.69) is 20.7 Å². The minimum absolute atomic E-state index is 0.277. The van der Waals surface area contributed by atoms with Crippen molar-refractivity contribution in [3.05, 3.63) is 70.2 Å². The molecule has 1 heterocycles. The number of hydrogen-bond donors (Lipinski definition) is 2. The van der Waals surface area contributed by atoms with Crippen LogP contribution in [0.1, 0.15) is 5.56 Å². The molecular formula is C16H12Cl2FN5S. The van der Waals surface area contributed by atoms with E-state index in [9.17, 15) is 4.39 Å². The van der Waals surface area contributed by atoms with Gasteiger partial charge >= 0.3 is 0 Å². The van der Waals surface area contributed by atoms with Crippen molar-refractivity contribution >= 4 is 52.2 Å². The fourth-order valence-corrected chi connectivity index (χ4v) is 2.59. The lowest BCUT2D eigenvalue weighted by Crippen LogP contribution is -2.20. The first kappa shape index (κ1) is 17.6. The van der Waals surface area contributed by atoms with Crippen molar-refractivity contribution in [3.8, 4) is 0 Å². The van der Waals surface area contributed by atoms with Gasteiger partial charge in [-0.25, -0.2) is 14.1 Å². The maximum atomic E-state index is 12.9. The van der Waals surface area contributed by atoms with Crippen molar-refractivity contribution in [1.29, 1.82) is 0 Å². The molecular weight excluding hydrogens is 384 g/mol. The molecule has 0 amide bonds. The van der Waals surface area contributed by atoms with Gasteiger partial charge in [-0.3, -0.25) is 5.32 Å². The highest BCUT2D eigenvalue weighted by molar-refractivity contribution is 7.80. The lowest BCUT2D eigenvalue weighted by atomic mass is 10.2. The molecule has 3 aromatic rings. The molecule has 128 valence electrons. The van der Waals surface area contributed by atoms with Crippen LogP contribution in [0.2, 0.25) is 10.0 Å². The Balaban J connectivity index is 1.61. The maximum Gasteiger partial charge on any atom is 0.248 e. The number of hydrogen-bond acceptors (Lipinski definition) is 3. The van der Waals surface area contributed by atoms with Crippen molar-refractivity contribution in [2.75, 3.05) is 10.6 Å². The van der Waals surface area contributed by atoms with E-state index in [1.807, 2.05) is 0 Å². The zero-order valence-corrected chi connectivity index (χ0v) is 15.0. The summed E-state index contributed by atoms with van der Waals surface area (Å²) in [5.41, 5.74) is 1.49. The van der Waals surface area contributed by atoms with Crippen LogP contribution in [0.25, 0.3) is 0 Å². The first-order valence-electron chi connectivity index (χ1n) is 7.16. The molecule has 0 spiro atoms. The summed E-state index contributed by atoms with van der Waals surface area (Å²) in [5.74, 6) is 0.0542. The third-order valence-electron chi connectivity index (χ3n) is 3.20. The zero-order valence-electron chi connectivity index (χ0n) is 12.7. The van der Waals surface area contributed by atoms with Crippen LogP contribution in [-0.4, -0.2) is 19.9 Å². The van der Waals surface area contributed by atoms with Crippen LogP contribution < -0.4 is 10.6 Å². The molecule has 2 N–H and O–H groups in total. The summed E-state index contributed by atoms with van der Waals surface area (Å²) in [6.07, 6.45) is 1.56. The predicted molar refractivity (Wildman–Crippen MR) is 102 cm³/mol. The largest absolute Gasteiger partial charge is 0.331 e. The number of halogens is 3. The van der Waals surface area contributed by atoms with Gasteiger partial charge in [0, 0.05) is 5.02 Å². The summed E-state index contributed by atoms with van der Waals surface area (Å²) in [6.45, 7) is 0.468. The predicted octanol–water partition coefficient (Wildman–Crippen LogP) is 4.58. The summed E-state index contributed by atoms with van der Waals surface area (Å²) in [5, 5.41) is 11.4. The smallest absolute Gasteiger partial charge is 0.248 e. The normalized spacial score (nSPS) is 10.5. The van der Waals surface area contributed by atoms with Crippen molar-refractivity contribution in [1.82, 2.24) is 14.8 Å². The number of aromatic nitrogens is 3. The van der Waals surface area contributed by atoms with Gasteiger partial charge in [0.15, 0.2) is 5.11 Å². The second-order valence-corrected chi connectivity index (χ2v) is 6.35. The van der Waals surface area contributed by atoms with E-state index in [-0.39, 0.29) is 10.9 Å². The number of nitrogens with one attached hydrogen (secondary N) is 2. The van der Waals surface area contributed by atoms with Crippen LogP contribution in [-0.2, 0) is 6.54 Å². The summed E-state index contributed by atoms with van der Waals surface area (Å²) in [7, 11) is 0. The quantitative estimate of drug-likeness (QED) is 0.633. The van der Waals surface area contributed by atoms with Crippen molar-refractivity contribution in [2.24, 2.45) is 0 Å². The Morgan fingerprint density at radius 1 is 1.12 bits per heavy atom. The van der Waals surface area contributed by atoms with Gasteiger partial charge in [-0.2, -0.15) is 0 Å². The number of benzene rings is 2. The molecule has 0 saturated carbocycles. The van der Waals surface area contributed by atoms with Crippen LogP contribution in [0.3, 0.4) is 0 Å². The van der Waals surface area contributed by atoms with Crippen molar-refractivity contribution < 1.29 is 4.39 Å². The van der Waals surface area contributed by atoms with E-state index < -0.39 is 0 Å². The topological polar surface area (TPSA) is 54.8 Å². The average Bonchev–Trinajstić information content (AvgIpc) is 3.00. The van der Waals surface area contributed by atoms with E-state index in [4.69, 9.17) is 35.4 Å². The molecule has 2 aromatic carbocycles. The Morgan fingerprint density at radius 2 is 1.88 bits per heavy atom. The fraction of sp³-hybridized carbons (Fsp3) is 0.0625. The number of anilines is 2. The summed E-state index contributed by atoms with van der Waals surface area (Å²) < 4.78 is 14.5. The second-order valence-electron chi connectivity index (χ2n) is 5.10. The van der Waals surface area contributed by atoms with E-state index in [1.165, 1.54) is 12.1 Å². The highest BCUT2D eigenvalue weighted by Gasteiger charge is 2.07. The Hall–Kier alpha value is -2.22. The van der Waals surface area contributed by atoms with Gasteiger partial charge in [-0.1, -0.05) is 35.3 Å². The van der Waals surface area contributed by atoms with Crippen molar-refractivity contribution in [2.45, 2.75) is 6.54 Å². The standard InChI is InChI=1S/C16H12Cl2FN5S/c17-11-3-6-13(18)14(7-11)21-16(25)22-15-20-9-24(23-15)8-10-1-4-12(19)5-2-10/h1-7,9H,8H2,(H2,21,22,23,25). The first-order chi connectivity index (χ1) is 12.0. The van der Waals surface area contributed by atoms with Crippen LogP contribution in [0.4, 0.5) is 16.0 Å². The molecule has 1 aromatic heterocycles. The molecule has 9 heteroatoms. The number of rotatable bonds is 4. The molecule has 0 aliphatic heterocycles. The molecule has 5 nitrogen and oxygen atoms in total. The van der Waals surface area contributed by atoms with Gasteiger partial charge in [0.2, 0.25) is 5.95 Å². The van der Waals surface area contributed by atoms with Gasteiger partial charge in [0.1, 0.15) is 12.1 Å². The second kappa shape index (κ2) is 7.77. The number of nitrogens with zero attached hydrogens (tertiary/aromatic N) is 3. The van der Waals surface area contributed by atoms with E-state index in [0.717, 1.165) is 5.56 Å². The van der Waals surface area contributed by atoms with Gasteiger partial charge in [-0.15, -0.1) is 5.10 Å². The van der Waals surface area contributed by atoms with Gasteiger partial charge in [-0.05, 0) is 48.1 Å². The SMILES string of the molecule is Fc1ccc(Cn2cnc(NC(=S)Nc3cc(Cl)ccc3Cl)n2)cc1. The molecule has 0 radical (unpaired) electrons. The summed E-state index contributed by atoms with van der Waals surface area (Å²) >= 11 is 17.2. The van der Waals surface area contributed by atoms with E-state index in [1.54, 1.807) is 41.3 Å². The Kier molecular flexibility index (Phi) is 5.47. The highest BCUT2D eigenvalue weighted by atomic mass is 35.5. The lowest BCUT2D eigenvalue weighted by molar-refractivity contribution is 0.624. The third-order valence-corrected chi connectivity index (χ3v) is 3.97. The first-order valence-corrected chi connectivity index (χ1v) is 8.33. The van der Waals surface area contributed by atoms with Crippen LogP contribution >= 0.6 is 35.4 Å².